The van der Waals surface area contributed by atoms with Crippen molar-refractivity contribution in [1.29, 1.82) is 0 Å². The summed E-state index contributed by atoms with van der Waals surface area (Å²) in [6.45, 7) is 0. The molecule has 8 aromatic rings. The smallest absolute Gasteiger partial charge is 0.0708 e. The molecule has 0 amide bonds. The van der Waals surface area contributed by atoms with Crippen molar-refractivity contribution in [2.45, 2.75) is 19.6 Å². The van der Waals surface area contributed by atoms with E-state index in [-0.39, 0.29) is 0 Å². The van der Waals surface area contributed by atoms with Gasteiger partial charge in [0, 0.05) is 54.5 Å². The summed E-state index contributed by atoms with van der Waals surface area (Å²) >= 11 is 3.65. The van der Waals surface area contributed by atoms with Crippen LogP contribution >= 0.6 is 23.5 Å². The molecule has 0 spiro atoms. The van der Waals surface area contributed by atoms with Gasteiger partial charge in [0.25, 0.3) is 0 Å². The Morgan fingerprint density at radius 1 is 0.327 bits per heavy atom. The Balaban J connectivity index is 0.931. The van der Waals surface area contributed by atoms with Crippen molar-refractivity contribution in [3.63, 3.8) is 0 Å². The molecular formula is C46H30N4S2. The molecule has 2 aromatic heterocycles. The van der Waals surface area contributed by atoms with Crippen molar-refractivity contribution in [3.05, 3.63) is 182 Å². The van der Waals surface area contributed by atoms with Gasteiger partial charge in [0.1, 0.15) is 0 Å². The summed E-state index contributed by atoms with van der Waals surface area (Å²) in [4.78, 5) is 19.3. The summed E-state index contributed by atoms with van der Waals surface area (Å²) in [7, 11) is 0. The zero-order chi connectivity index (χ0) is 34.4. The zero-order valence-electron chi connectivity index (χ0n) is 27.9. The lowest BCUT2D eigenvalue weighted by atomic mass is 10.0. The highest BCUT2D eigenvalue weighted by Crippen LogP contribution is 2.52. The highest BCUT2D eigenvalue weighted by molar-refractivity contribution is 8.00. The van der Waals surface area contributed by atoms with Crippen LogP contribution in [0.1, 0.15) is 0 Å². The molecule has 2 aliphatic rings. The Labute approximate surface area is 311 Å². The predicted octanol–water partition coefficient (Wildman–Crippen LogP) is 13.3. The van der Waals surface area contributed by atoms with E-state index in [9.17, 15) is 0 Å². The average Bonchev–Trinajstić information content (AvgIpc) is 3.22. The van der Waals surface area contributed by atoms with Crippen LogP contribution in [-0.2, 0) is 0 Å². The first kappa shape index (κ1) is 30.7. The molecule has 0 saturated carbocycles. The number of para-hydroxylation sites is 4. The van der Waals surface area contributed by atoms with Crippen molar-refractivity contribution < 1.29 is 0 Å². The number of aromatic nitrogens is 2. The third-order valence-electron chi connectivity index (χ3n) is 9.56. The Hall–Kier alpha value is -6.08. The predicted molar refractivity (Wildman–Crippen MR) is 216 cm³/mol. The topological polar surface area (TPSA) is 32.3 Å². The monoisotopic (exact) mass is 702 g/mol. The highest BCUT2D eigenvalue weighted by Gasteiger charge is 2.25. The minimum absolute atomic E-state index is 0.932. The van der Waals surface area contributed by atoms with E-state index in [1.807, 2.05) is 35.9 Å². The Morgan fingerprint density at radius 2 is 0.654 bits per heavy atom. The van der Waals surface area contributed by atoms with Crippen molar-refractivity contribution in [1.82, 2.24) is 9.97 Å². The van der Waals surface area contributed by atoms with Crippen LogP contribution in [0.3, 0.4) is 0 Å². The number of anilines is 6. The maximum Gasteiger partial charge on any atom is 0.0708 e. The molecule has 52 heavy (non-hydrogen) atoms. The zero-order valence-corrected chi connectivity index (χ0v) is 29.6. The Morgan fingerprint density at radius 3 is 1.00 bits per heavy atom. The van der Waals surface area contributed by atoms with E-state index in [1.165, 1.54) is 42.3 Å². The third-order valence-corrected chi connectivity index (χ3v) is 11.8. The Kier molecular flexibility index (Phi) is 7.63. The lowest BCUT2D eigenvalue weighted by molar-refractivity contribution is 1.16. The fraction of sp³-hybridized carbons (Fsp3) is 0. The molecule has 0 saturated heterocycles. The van der Waals surface area contributed by atoms with Gasteiger partial charge < -0.3 is 9.80 Å². The van der Waals surface area contributed by atoms with Crippen molar-refractivity contribution in [2.75, 3.05) is 9.80 Å². The van der Waals surface area contributed by atoms with Crippen LogP contribution in [0, 0.1) is 0 Å². The van der Waals surface area contributed by atoms with Crippen LogP contribution in [0.2, 0.25) is 0 Å². The molecule has 6 aromatic carbocycles. The summed E-state index contributed by atoms with van der Waals surface area (Å²) in [5.74, 6) is 0. The first-order valence-corrected chi connectivity index (χ1v) is 18.9. The Bertz CT molecular complexity index is 2330. The number of hydrogen-bond donors (Lipinski definition) is 0. The lowest BCUT2D eigenvalue weighted by Gasteiger charge is -2.32. The minimum atomic E-state index is 0.932. The highest BCUT2D eigenvalue weighted by atomic mass is 32.2. The average molecular weight is 703 g/mol. The molecule has 0 fully saturated rings. The summed E-state index contributed by atoms with van der Waals surface area (Å²) in [5.41, 5.74) is 13.2. The first-order chi connectivity index (χ1) is 25.8. The second-order valence-corrected chi connectivity index (χ2v) is 14.9. The van der Waals surface area contributed by atoms with Crippen LogP contribution in [0.25, 0.3) is 33.6 Å². The molecule has 0 unspecified atom stereocenters. The van der Waals surface area contributed by atoms with E-state index in [1.54, 1.807) is 0 Å². The molecule has 0 N–H and O–H groups in total. The molecule has 2 aliphatic heterocycles. The standard InChI is InChI=1S/C46H30N4S2/c1-5-13-43-39(9-1)49(40-10-2-6-14-44(40)51-43)35-21-17-31(18-22-35)37-29-33(25-27-47-37)34-26-28-48-38(30-34)32-19-23-36(24-20-32)50-41-11-3-7-15-45(41)52-46-16-8-4-12-42(46)50/h1-30H. The van der Waals surface area contributed by atoms with Crippen LogP contribution < -0.4 is 9.80 Å². The molecule has 6 heteroatoms. The van der Waals surface area contributed by atoms with E-state index in [4.69, 9.17) is 9.97 Å². The van der Waals surface area contributed by atoms with Gasteiger partial charge in [0.15, 0.2) is 0 Å². The van der Waals surface area contributed by atoms with E-state index >= 15 is 0 Å². The second-order valence-electron chi connectivity index (χ2n) is 12.7. The van der Waals surface area contributed by atoms with Gasteiger partial charge in [-0.3, -0.25) is 9.97 Å². The van der Waals surface area contributed by atoms with E-state index < -0.39 is 0 Å². The molecule has 0 aliphatic carbocycles. The summed E-state index contributed by atoms with van der Waals surface area (Å²) in [6.07, 6.45) is 3.79. The molecular weight excluding hydrogens is 673 g/mol. The maximum absolute atomic E-state index is 4.78. The summed E-state index contributed by atoms with van der Waals surface area (Å²) < 4.78 is 0. The van der Waals surface area contributed by atoms with Gasteiger partial charge in [0.2, 0.25) is 0 Å². The normalized spacial score (nSPS) is 12.8. The largest absolute Gasteiger partial charge is 0.308 e. The van der Waals surface area contributed by atoms with Gasteiger partial charge in [0.05, 0.1) is 34.1 Å². The van der Waals surface area contributed by atoms with Crippen LogP contribution in [0.4, 0.5) is 34.1 Å². The van der Waals surface area contributed by atoms with Crippen LogP contribution in [0.15, 0.2) is 202 Å². The number of hydrogen-bond acceptors (Lipinski definition) is 6. The number of rotatable bonds is 5. The molecule has 246 valence electrons. The van der Waals surface area contributed by atoms with Gasteiger partial charge in [-0.05, 0) is 108 Å². The molecule has 0 bridgehead atoms. The van der Waals surface area contributed by atoms with Gasteiger partial charge in [-0.2, -0.15) is 0 Å². The van der Waals surface area contributed by atoms with Gasteiger partial charge >= 0.3 is 0 Å². The number of fused-ring (bicyclic) bond motifs is 4. The van der Waals surface area contributed by atoms with Gasteiger partial charge in [-0.1, -0.05) is 96.3 Å². The van der Waals surface area contributed by atoms with Crippen LogP contribution in [0.5, 0.6) is 0 Å². The summed E-state index contributed by atoms with van der Waals surface area (Å²) in [5, 5.41) is 0. The number of pyridine rings is 2. The molecule has 4 heterocycles. The van der Waals surface area contributed by atoms with Crippen LogP contribution in [-0.4, -0.2) is 9.97 Å². The fourth-order valence-electron chi connectivity index (χ4n) is 7.06. The fourth-order valence-corrected chi connectivity index (χ4v) is 9.18. The van der Waals surface area contributed by atoms with Crippen molar-refractivity contribution in [2.24, 2.45) is 0 Å². The van der Waals surface area contributed by atoms with E-state index in [0.29, 0.717) is 0 Å². The molecule has 0 atom stereocenters. The minimum Gasteiger partial charge on any atom is -0.308 e. The SMILES string of the molecule is c1ccc2c(c1)Sc1ccccc1N2c1ccc(-c2cc(-c3ccnc(-c4ccc(N5c6ccccc6Sc6ccccc65)cc4)c3)ccn2)cc1. The summed E-state index contributed by atoms with van der Waals surface area (Å²) in [6, 6.07) is 60.4. The van der Waals surface area contributed by atoms with Crippen molar-refractivity contribution in [3.8, 4) is 33.6 Å². The maximum atomic E-state index is 4.78. The van der Waals surface area contributed by atoms with E-state index in [0.717, 1.165) is 45.0 Å². The van der Waals surface area contributed by atoms with E-state index in [2.05, 4.69) is 180 Å². The number of nitrogens with zero attached hydrogens (tertiary/aromatic N) is 4. The van der Waals surface area contributed by atoms with Gasteiger partial charge in [-0.15, -0.1) is 0 Å². The molecule has 10 rings (SSSR count). The van der Waals surface area contributed by atoms with Crippen molar-refractivity contribution >= 4 is 57.6 Å². The lowest BCUT2D eigenvalue weighted by Crippen LogP contribution is -2.14. The quantitative estimate of drug-likeness (QED) is 0.178. The third kappa shape index (κ3) is 5.44. The molecule has 0 radical (unpaired) electrons. The second kappa shape index (κ2) is 12.9. The molecule has 4 nitrogen and oxygen atoms in total. The number of benzene rings is 6. The van der Waals surface area contributed by atoms with Gasteiger partial charge in [-0.25, -0.2) is 0 Å². The first-order valence-electron chi connectivity index (χ1n) is 17.2.